The molecule has 1 aliphatic rings. The lowest BCUT2D eigenvalue weighted by molar-refractivity contribution is -0.138. The predicted octanol–water partition coefficient (Wildman–Crippen LogP) is 4.42. The lowest BCUT2D eigenvalue weighted by atomic mass is 9.93. The summed E-state index contributed by atoms with van der Waals surface area (Å²) in [5.74, 6) is 0.246. The number of aromatic hydroxyl groups is 1. The normalized spacial score (nSPS) is 14.9. The number of phenolic OH excluding ortho intramolecular Hbond substituents is 1. The SMILES string of the molecule is CCOC(=O)C1=C(c2ccccc2)N=c2s/c(=C\c3cc(Br)cc(OC)c3O)c(=O)n2[C@@H]1c1ccc(OC)cc1. The quantitative estimate of drug-likeness (QED) is 0.307. The molecule has 1 atom stereocenters. The van der Waals surface area contributed by atoms with Gasteiger partial charge in [-0.25, -0.2) is 9.79 Å². The van der Waals surface area contributed by atoms with Crippen molar-refractivity contribution >= 4 is 45.0 Å². The molecule has 3 aromatic carbocycles. The molecular weight excluding hydrogens is 596 g/mol. The van der Waals surface area contributed by atoms with E-state index in [4.69, 9.17) is 19.2 Å². The van der Waals surface area contributed by atoms with Gasteiger partial charge in [0.15, 0.2) is 16.3 Å². The van der Waals surface area contributed by atoms with Crippen LogP contribution in [0.2, 0.25) is 0 Å². The highest BCUT2D eigenvalue weighted by molar-refractivity contribution is 9.10. The van der Waals surface area contributed by atoms with Crippen LogP contribution in [0.25, 0.3) is 11.8 Å². The van der Waals surface area contributed by atoms with E-state index >= 15 is 0 Å². The first-order valence-electron chi connectivity index (χ1n) is 12.3. The van der Waals surface area contributed by atoms with Gasteiger partial charge < -0.3 is 19.3 Å². The molecule has 0 amide bonds. The highest BCUT2D eigenvalue weighted by Crippen LogP contribution is 2.36. The summed E-state index contributed by atoms with van der Waals surface area (Å²) in [6, 6.07) is 19.0. The van der Waals surface area contributed by atoms with E-state index in [1.165, 1.54) is 23.0 Å². The zero-order valence-corrected chi connectivity index (χ0v) is 24.3. The van der Waals surface area contributed by atoms with Crippen molar-refractivity contribution in [3.8, 4) is 17.2 Å². The smallest absolute Gasteiger partial charge is 0.338 e. The Bertz CT molecular complexity index is 1790. The van der Waals surface area contributed by atoms with Crippen LogP contribution in [0.15, 0.2) is 86.6 Å². The fourth-order valence-electron chi connectivity index (χ4n) is 4.54. The maximum absolute atomic E-state index is 14.0. The van der Waals surface area contributed by atoms with Crippen molar-refractivity contribution in [2.45, 2.75) is 13.0 Å². The van der Waals surface area contributed by atoms with Crippen molar-refractivity contribution in [2.24, 2.45) is 4.99 Å². The monoisotopic (exact) mass is 620 g/mol. The van der Waals surface area contributed by atoms with Crippen LogP contribution in [0.1, 0.15) is 29.7 Å². The summed E-state index contributed by atoms with van der Waals surface area (Å²) in [5.41, 5.74) is 2.12. The molecule has 204 valence electrons. The first-order chi connectivity index (χ1) is 19.4. The number of thiazole rings is 1. The van der Waals surface area contributed by atoms with Crippen LogP contribution in [0, 0.1) is 0 Å². The number of phenols is 1. The molecule has 0 fully saturated rings. The summed E-state index contributed by atoms with van der Waals surface area (Å²) < 4.78 is 18.6. The van der Waals surface area contributed by atoms with E-state index in [1.807, 2.05) is 42.5 Å². The second kappa shape index (κ2) is 11.5. The van der Waals surface area contributed by atoms with Crippen LogP contribution >= 0.6 is 27.3 Å². The first-order valence-corrected chi connectivity index (χ1v) is 14.0. The van der Waals surface area contributed by atoms with Crippen LogP contribution in [-0.2, 0) is 9.53 Å². The molecule has 0 bridgehead atoms. The van der Waals surface area contributed by atoms with Gasteiger partial charge in [-0.1, -0.05) is 69.7 Å². The van der Waals surface area contributed by atoms with Crippen molar-refractivity contribution in [1.82, 2.24) is 4.57 Å². The third kappa shape index (κ3) is 5.07. The van der Waals surface area contributed by atoms with Crippen molar-refractivity contribution in [3.63, 3.8) is 0 Å². The molecule has 8 nitrogen and oxygen atoms in total. The Morgan fingerprint density at radius 1 is 1.10 bits per heavy atom. The van der Waals surface area contributed by atoms with Crippen LogP contribution in [0.3, 0.4) is 0 Å². The molecule has 4 aromatic rings. The lowest BCUT2D eigenvalue weighted by Gasteiger charge is -2.26. The Hall–Kier alpha value is -4.15. The van der Waals surface area contributed by atoms with Gasteiger partial charge in [0.2, 0.25) is 0 Å². The van der Waals surface area contributed by atoms with Gasteiger partial charge >= 0.3 is 5.97 Å². The molecule has 2 heterocycles. The number of aromatic nitrogens is 1. The summed E-state index contributed by atoms with van der Waals surface area (Å²) in [7, 11) is 3.03. The van der Waals surface area contributed by atoms with Gasteiger partial charge in [-0.3, -0.25) is 9.36 Å². The topological polar surface area (TPSA) is 99.4 Å². The number of fused-ring (bicyclic) bond motifs is 1. The minimum atomic E-state index is -0.816. The predicted molar refractivity (Wildman–Crippen MR) is 156 cm³/mol. The number of benzene rings is 3. The van der Waals surface area contributed by atoms with Crippen LogP contribution in [0.4, 0.5) is 0 Å². The second-order valence-electron chi connectivity index (χ2n) is 8.75. The summed E-state index contributed by atoms with van der Waals surface area (Å²) in [6.45, 7) is 1.89. The Kier molecular flexibility index (Phi) is 7.90. The van der Waals surface area contributed by atoms with Crippen molar-refractivity contribution < 1.29 is 24.1 Å². The minimum absolute atomic E-state index is 0.0968. The molecule has 0 radical (unpaired) electrons. The zero-order valence-electron chi connectivity index (χ0n) is 21.9. The number of halogens is 1. The van der Waals surface area contributed by atoms with E-state index in [2.05, 4.69) is 15.9 Å². The number of hydrogen-bond acceptors (Lipinski definition) is 8. The van der Waals surface area contributed by atoms with E-state index in [1.54, 1.807) is 44.4 Å². The van der Waals surface area contributed by atoms with E-state index < -0.39 is 12.0 Å². The Balaban J connectivity index is 1.83. The average Bonchev–Trinajstić information content (AvgIpc) is 3.28. The van der Waals surface area contributed by atoms with Crippen LogP contribution in [0.5, 0.6) is 17.2 Å². The fourth-order valence-corrected chi connectivity index (χ4v) is 5.99. The molecule has 10 heteroatoms. The maximum Gasteiger partial charge on any atom is 0.338 e. The van der Waals surface area contributed by atoms with Gasteiger partial charge in [-0.15, -0.1) is 0 Å². The number of carbonyl (C=O) groups is 1. The summed E-state index contributed by atoms with van der Waals surface area (Å²) in [5, 5.41) is 10.7. The molecule has 1 aliphatic heterocycles. The molecule has 0 aliphatic carbocycles. The first kappa shape index (κ1) is 27.4. The molecular formula is C30H25BrN2O6S. The highest BCUT2D eigenvalue weighted by atomic mass is 79.9. The number of hydrogen-bond donors (Lipinski definition) is 1. The molecule has 0 spiro atoms. The van der Waals surface area contributed by atoms with E-state index in [0.29, 0.717) is 36.4 Å². The van der Waals surface area contributed by atoms with Crippen molar-refractivity contribution in [1.29, 1.82) is 0 Å². The van der Waals surface area contributed by atoms with E-state index in [0.717, 1.165) is 5.56 Å². The maximum atomic E-state index is 14.0. The molecule has 5 rings (SSSR count). The van der Waals surface area contributed by atoms with Gasteiger partial charge in [0.1, 0.15) is 5.75 Å². The molecule has 1 aromatic heterocycles. The molecule has 40 heavy (non-hydrogen) atoms. The number of methoxy groups -OCH3 is 2. The number of rotatable bonds is 7. The molecule has 0 saturated carbocycles. The zero-order chi connectivity index (χ0) is 28.4. The lowest BCUT2D eigenvalue weighted by Crippen LogP contribution is -2.40. The minimum Gasteiger partial charge on any atom is -0.504 e. The van der Waals surface area contributed by atoms with Gasteiger partial charge in [-0.05, 0) is 42.8 Å². The second-order valence-corrected chi connectivity index (χ2v) is 10.7. The third-order valence-corrected chi connectivity index (χ3v) is 7.82. The average molecular weight is 622 g/mol. The fraction of sp³-hybridized carbons (Fsp3) is 0.167. The van der Waals surface area contributed by atoms with E-state index in [-0.39, 0.29) is 29.2 Å². The standard InChI is InChI=1S/C30H25BrN2O6S/c1-4-39-29(36)24-25(17-8-6-5-7-9-17)32-30-33(26(24)18-10-12-21(37-2)13-11-18)28(35)23(40-30)15-19-14-20(31)16-22(38-3)27(19)34/h5-16,26,34H,4H2,1-3H3/b23-15-/t26-/m1/s1. The number of esters is 1. The number of nitrogens with zero attached hydrogens (tertiary/aromatic N) is 2. The summed E-state index contributed by atoms with van der Waals surface area (Å²) in [6.07, 6.45) is 1.59. The molecule has 0 saturated heterocycles. The number of carbonyl (C=O) groups excluding carboxylic acids is 1. The van der Waals surface area contributed by atoms with Gasteiger partial charge in [-0.2, -0.15) is 0 Å². The largest absolute Gasteiger partial charge is 0.504 e. The highest BCUT2D eigenvalue weighted by Gasteiger charge is 2.35. The van der Waals surface area contributed by atoms with Crippen molar-refractivity contribution in [2.75, 3.05) is 20.8 Å². The Morgan fingerprint density at radius 2 is 1.82 bits per heavy atom. The third-order valence-electron chi connectivity index (χ3n) is 6.38. The Morgan fingerprint density at radius 3 is 2.48 bits per heavy atom. The van der Waals surface area contributed by atoms with Crippen LogP contribution < -0.4 is 24.4 Å². The van der Waals surface area contributed by atoms with Gasteiger partial charge in [0, 0.05) is 15.6 Å². The van der Waals surface area contributed by atoms with Crippen molar-refractivity contribution in [3.05, 3.63) is 113 Å². The number of ether oxygens (including phenoxy) is 3. The molecule has 1 N–H and O–H groups in total. The Labute approximate surface area is 242 Å². The summed E-state index contributed by atoms with van der Waals surface area (Å²) >= 11 is 4.59. The van der Waals surface area contributed by atoms with E-state index in [9.17, 15) is 14.7 Å². The van der Waals surface area contributed by atoms with Gasteiger partial charge in [0.25, 0.3) is 5.56 Å². The van der Waals surface area contributed by atoms with Crippen LogP contribution in [-0.4, -0.2) is 36.5 Å². The van der Waals surface area contributed by atoms with Gasteiger partial charge in [0.05, 0.1) is 42.7 Å². The summed E-state index contributed by atoms with van der Waals surface area (Å²) in [4.78, 5) is 32.8. The molecule has 0 unspecified atom stereocenters.